The lowest BCUT2D eigenvalue weighted by Gasteiger charge is -2.64. The highest BCUT2D eigenvalue weighted by Gasteiger charge is 2.67. The maximum Gasteiger partial charge on any atom is 0.303 e. The van der Waals surface area contributed by atoms with E-state index < -0.39 is 32.9 Å². The number of carboxylic acids is 1. The van der Waals surface area contributed by atoms with Gasteiger partial charge >= 0.3 is 5.97 Å². The second kappa shape index (κ2) is 8.17. The molecule has 0 radical (unpaired) electrons. The van der Waals surface area contributed by atoms with E-state index in [0.717, 1.165) is 19.1 Å². The van der Waals surface area contributed by atoms with Crippen LogP contribution in [0.3, 0.4) is 0 Å². The molecule has 4 fully saturated rings. The molecule has 4 aliphatic rings. The monoisotopic (exact) mass is 486 g/mol. The Morgan fingerprint density at radius 2 is 1.76 bits per heavy atom. The van der Waals surface area contributed by atoms with Crippen LogP contribution < -0.4 is 0 Å². The topological polar surface area (TPSA) is 132 Å². The van der Waals surface area contributed by atoms with E-state index in [2.05, 4.69) is 20.8 Å². The molecule has 4 N–H and O–H groups in total. The number of hydrogen-bond donors (Lipinski definition) is 4. The van der Waals surface area contributed by atoms with Crippen molar-refractivity contribution in [1.82, 2.24) is 0 Å². The summed E-state index contributed by atoms with van der Waals surface area (Å²) in [6.45, 7) is 6.43. The Morgan fingerprint density at radius 3 is 2.36 bits per heavy atom. The molecule has 0 saturated heterocycles. The zero-order chi connectivity index (χ0) is 24.6. The molecule has 0 heterocycles. The van der Waals surface area contributed by atoms with Gasteiger partial charge in [-0.05, 0) is 97.7 Å². The zero-order valence-corrected chi connectivity index (χ0v) is 21.2. The Kier molecular flexibility index (Phi) is 6.29. The number of carboxylic acid groups (broad SMARTS) is 1. The zero-order valence-electron chi connectivity index (χ0n) is 20.4. The fraction of sp³-hybridized carbons (Fsp3) is 0.960. The molecule has 11 unspecified atom stereocenters. The largest absolute Gasteiger partial charge is 0.481 e. The van der Waals surface area contributed by atoms with Gasteiger partial charge < -0.3 is 20.4 Å². The molecular formula is C25H42O7S. The van der Waals surface area contributed by atoms with Crippen molar-refractivity contribution < 1.29 is 33.6 Å². The number of carbonyl (C=O) groups is 1. The van der Waals surface area contributed by atoms with Crippen LogP contribution in [0.2, 0.25) is 0 Å². The molecule has 8 heteroatoms. The molecule has 0 aromatic carbocycles. The molecule has 0 aromatic heterocycles. The van der Waals surface area contributed by atoms with Crippen LogP contribution in [-0.2, 0) is 14.6 Å². The van der Waals surface area contributed by atoms with Gasteiger partial charge in [0.1, 0.15) is 0 Å². The van der Waals surface area contributed by atoms with Gasteiger partial charge in [0.15, 0.2) is 14.8 Å². The van der Waals surface area contributed by atoms with Crippen molar-refractivity contribution in [2.45, 2.75) is 95.7 Å². The van der Waals surface area contributed by atoms with E-state index in [9.17, 15) is 28.5 Å². The average Bonchev–Trinajstić information content (AvgIpc) is 3.06. The van der Waals surface area contributed by atoms with Gasteiger partial charge in [-0.15, -0.1) is 0 Å². The van der Waals surface area contributed by atoms with Crippen LogP contribution in [0.15, 0.2) is 0 Å². The van der Waals surface area contributed by atoms with Crippen molar-refractivity contribution in [3.63, 3.8) is 0 Å². The summed E-state index contributed by atoms with van der Waals surface area (Å²) in [5.41, 5.74) is -0.582. The van der Waals surface area contributed by atoms with Crippen LogP contribution >= 0.6 is 0 Å². The van der Waals surface area contributed by atoms with Gasteiger partial charge in [-0.3, -0.25) is 4.79 Å². The molecule has 4 saturated carbocycles. The van der Waals surface area contributed by atoms with Crippen LogP contribution in [0.25, 0.3) is 0 Å². The van der Waals surface area contributed by atoms with Crippen LogP contribution in [0.1, 0.15) is 78.6 Å². The van der Waals surface area contributed by atoms with Crippen molar-refractivity contribution in [1.29, 1.82) is 0 Å². The van der Waals surface area contributed by atoms with E-state index in [4.69, 9.17) is 5.11 Å². The van der Waals surface area contributed by atoms with Gasteiger partial charge in [0, 0.05) is 12.7 Å². The normalized spacial score (nSPS) is 50.7. The third kappa shape index (κ3) is 3.78. The molecule has 190 valence electrons. The molecule has 0 bridgehead atoms. The molecule has 4 rings (SSSR count). The van der Waals surface area contributed by atoms with E-state index in [0.29, 0.717) is 25.7 Å². The molecule has 11 atom stereocenters. The number of sulfone groups is 1. The fourth-order valence-corrected chi connectivity index (χ4v) is 9.98. The number of aliphatic hydroxyl groups excluding tert-OH is 2. The summed E-state index contributed by atoms with van der Waals surface area (Å²) in [5.74, 6) is -0.211. The molecule has 33 heavy (non-hydrogen) atoms. The number of aliphatic carboxylic acids is 1. The Bertz CT molecular complexity index is 889. The summed E-state index contributed by atoms with van der Waals surface area (Å²) in [6.07, 6.45) is 4.52. The van der Waals surface area contributed by atoms with Gasteiger partial charge in [0.05, 0.1) is 12.2 Å². The lowest BCUT2D eigenvalue weighted by atomic mass is 9.43. The average molecular weight is 487 g/mol. The standard InChI is InChI=1S/C25H42O7S/c1-14(5-8-21(28)29)16-6-7-17-22-18(12-20(27)24(16,17)3)23(2)9-10-25(30,33(4,31)32)13-15(23)11-19(22)26/h14-20,22,26-27,30H,5-13H2,1-4H3,(H,28,29). The first-order chi connectivity index (χ1) is 15.1. The first-order valence-electron chi connectivity index (χ1n) is 12.6. The van der Waals surface area contributed by atoms with E-state index in [1.807, 2.05) is 0 Å². The van der Waals surface area contributed by atoms with Gasteiger partial charge in [0.25, 0.3) is 0 Å². The highest BCUT2D eigenvalue weighted by atomic mass is 32.2. The van der Waals surface area contributed by atoms with Crippen molar-refractivity contribution in [3.8, 4) is 0 Å². The number of fused-ring (bicyclic) bond motifs is 5. The Morgan fingerprint density at radius 1 is 1.09 bits per heavy atom. The first kappa shape index (κ1) is 25.4. The molecule has 0 aromatic rings. The van der Waals surface area contributed by atoms with Gasteiger partial charge in [-0.25, -0.2) is 8.42 Å². The van der Waals surface area contributed by atoms with E-state index in [1.165, 1.54) is 0 Å². The molecular weight excluding hydrogens is 444 g/mol. The van der Waals surface area contributed by atoms with Crippen LogP contribution in [-0.4, -0.2) is 58.2 Å². The van der Waals surface area contributed by atoms with Crippen LogP contribution in [0.5, 0.6) is 0 Å². The number of aliphatic hydroxyl groups is 3. The fourth-order valence-electron chi connectivity index (χ4n) is 9.00. The van der Waals surface area contributed by atoms with Crippen LogP contribution in [0.4, 0.5) is 0 Å². The van der Waals surface area contributed by atoms with Crippen molar-refractivity contribution in [3.05, 3.63) is 0 Å². The van der Waals surface area contributed by atoms with Gasteiger partial charge in [-0.1, -0.05) is 20.8 Å². The second-order valence-corrected chi connectivity index (χ2v) is 14.7. The summed E-state index contributed by atoms with van der Waals surface area (Å²) in [7, 11) is -3.63. The third-order valence-electron chi connectivity index (χ3n) is 11.1. The SMILES string of the molecule is CC(CCC(=O)O)C1CCC2C3C(O)CC4CC(O)(S(C)(=O)=O)CCC4(C)C3CC(O)C12C. The van der Waals surface area contributed by atoms with E-state index in [-0.39, 0.29) is 65.6 Å². The minimum absolute atomic E-state index is 0.0424. The molecule has 4 aliphatic carbocycles. The van der Waals surface area contributed by atoms with E-state index >= 15 is 0 Å². The molecule has 0 aliphatic heterocycles. The number of hydrogen-bond acceptors (Lipinski definition) is 6. The van der Waals surface area contributed by atoms with Crippen LogP contribution in [0, 0.1) is 46.3 Å². The maximum absolute atomic E-state index is 12.3. The third-order valence-corrected chi connectivity index (χ3v) is 12.8. The Hall–Kier alpha value is -0.700. The molecule has 0 spiro atoms. The van der Waals surface area contributed by atoms with Crippen molar-refractivity contribution in [2.24, 2.45) is 46.3 Å². The molecule has 0 amide bonds. The predicted molar refractivity (Wildman–Crippen MR) is 124 cm³/mol. The minimum Gasteiger partial charge on any atom is -0.481 e. The quantitative estimate of drug-likeness (QED) is 0.470. The summed E-state index contributed by atoms with van der Waals surface area (Å²) >= 11 is 0. The van der Waals surface area contributed by atoms with Gasteiger partial charge in [0.2, 0.25) is 0 Å². The summed E-state index contributed by atoms with van der Waals surface area (Å²) in [5, 5.41) is 43.0. The Labute approximate surface area is 197 Å². The second-order valence-electron chi connectivity index (χ2n) is 12.4. The number of rotatable bonds is 5. The van der Waals surface area contributed by atoms with Crippen molar-refractivity contribution in [2.75, 3.05) is 6.26 Å². The minimum atomic E-state index is -3.63. The smallest absolute Gasteiger partial charge is 0.303 e. The van der Waals surface area contributed by atoms with Crippen molar-refractivity contribution >= 4 is 15.8 Å². The van der Waals surface area contributed by atoms with E-state index in [1.54, 1.807) is 0 Å². The summed E-state index contributed by atoms with van der Waals surface area (Å²) in [4.78, 5) is 9.38. The maximum atomic E-state index is 12.3. The molecule has 7 nitrogen and oxygen atoms in total. The Balaban J connectivity index is 1.62. The summed E-state index contributed by atoms with van der Waals surface area (Å²) < 4.78 is 24.6. The first-order valence-corrected chi connectivity index (χ1v) is 14.5. The van der Waals surface area contributed by atoms with Gasteiger partial charge in [-0.2, -0.15) is 0 Å². The summed E-state index contributed by atoms with van der Waals surface area (Å²) in [6, 6.07) is 0. The lowest BCUT2D eigenvalue weighted by molar-refractivity contribution is -0.209. The highest BCUT2D eigenvalue weighted by molar-refractivity contribution is 7.91. The lowest BCUT2D eigenvalue weighted by Crippen LogP contribution is -2.63. The highest BCUT2D eigenvalue weighted by Crippen LogP contribution is 2.69. The predicted octanol–water partition coefficient (Wildman–Crippen LogP) is 2.82.